The van der Waals surface area contributed by atoms with Crippen molar-refractivity contribution < 1.29 is 24.6 Å². The van der Waals surface area contributed by atoms with Gasteiger partial charge in [0.25, 0.3) is 0 Å². The van der Waals surface area contributed by atoms with Crippen molar-refractivity contribution in [2.24, 2.45) is 11.8 Å². The average molecular weight is 300 g/mol. The molecule has 0 spiro atoms. The fraction of sp³-hybridized carbons (Fsp3) is 0.786. The van der Waals surface area contributed by atoms with Crippen LogP contribution in [0.15, 0.2) is 0 Å². The molecule has 21 heavy (non-hydrogen) atoms. The van der Waals surface area contributed by atoms with E-state index in [0.717, 1.165) is 12.8 Å². The summed E-state index contributed by atoms with van der Waals surface area (Å²) in [6.07, 6.45) is 0.0158. The van der Waals surface area contributed by atoms with E-state index in [-0.39, 0.29) is 36.6 Å². The van der Waals surface area contributed by atoms with Gasteiger partial charge in [0, 0.05) is 32.0 Å². The number of aliphatic hydroxyl groups is 1. The molecule has 1 saturated heterocycles. The zero-order valence-corrected chi connectivity index (χ0v) is 12.5. The van der Waals surface area contributed by atoms with Gasteiger partial charge in [-0.2, -0.15) is 0 Å². The minimum Gasteiger partial charge on any atom is -0.479 e. The molecule has 0 bridgehead atoms. The number of carboxylic acid groups (broad SMARTS) is 1. The Morgan fingerprint density at radius 1 is 1.33 bits per heavy atom. The van der Waals surface area contributed by atoms with E-state index in [2.05, 4.69) is 5.32 Å². The van der Waals surface area contributed by atoms with Gasteiger partial charge in [0.1, 0.15) is 0 Å². The number of aliphatic carboxylic acids is 1. The number of piperidine rings is 1. The fourth-order valence-electron chi connectivity index (χ4n) is 2.36. The third kappa shape index (κ3) is 5.34. The second kappa shape index (κ2) is 7.97. The quantitative estimate of drug-likeness (QED) is 0.631. The Labute approximate surface area is 124 Å². The summed E-state index contributed by atoms with van der Waals surface area (Å²) in [5, 5.41) is 20.3. The minimum absolute atomic E-state index is 0.0254. The van der Waals surface area contributed by atoms with E-state index in [1.807, 2.05) is 13.8 Å². The molecule has 0 aromatic carbocycles. The van der Waals surface area contributed by atoms with Crippen LogP contribution in [-0.4, -0.2) is 58.6 Å². The van der Waals surface area contributed by atoms with Crippen LogP contribution in [0, 0.1) is 11.8 Å². The number of hydrogen-bond acceptors (Lipinski definition) is 4. The molecule has 7 nitrogen and oxygen atoms in total. The standard InChI is InChI=1S/C14H24N2O5/c1-9(2)13(19)16-7-3-4-10(8-16)12(18)15-6-5-11(17)14(20)21/h9-11,17H,3-8H2,1-2H3,(H,15,18)(H,20,21). The maximum atomic E-state index is 12.0. The SMILES string of the molecule is CC(C)C(=O)N1CCCC(C(=O)NCCC(O)C(=O)O)C1. The van der Waals surface area contributed by atoms with Gasteiger partial charge >= 0.3 is 5.97 Å². The molecule has 2 amide bonds. The van der Waals surface area contributed by atoms with Gasteiger partial charge in [0.05, 0.1) is 5.92 Å². The van der Waals surface area contributed by atoms with Crippen molar-refractivity contribution in [1.82, 2.24) is 10.2 Å². The van der Waals surface area contributed by atoms with Crippen molar-refractivity contribution in [2.75, 3.05) is 19.6 Å². The summed E-state index contributed by atoms with van der Waals surface area (Å²) in [7, 11) is 0. The van der Waals surface area contributed by atoms with Crippen molar-refractivity contribution in [2.45, 2.75) is 39.2 Å². The van der Waals surface area contributed by atoms with Gasteiger partial charge in [0.15, 0.2) is 6.10 Å². The lowest BCUT2D eigenvalue weighted by Gasteiger charge is -2.33. The summed E-state index contributed by atoms with van der Waals surface area (Å²) in [6, 6.07) is 0. The molecule has 3 N–H and O–H groups in total. The Kier molecular flexibility index (Phi) is 6.61. The van der Waals surface area contributed by atoms with E-state index >= 15 is 0 Å². The molecule has 0 saturated carbocycles. The van der Waals surface area contributed by atoms with Crippen molar-refractivity contribution in [3.05, 3.63) is 0 Å². The molecular formula is C14H24N2O5. The third-order valence-corrected chi connectivity index (χ3v) is 3.60. The smallest absolute Gasteiger partial charge is 0.332 e. The number of carboxylic acids is 1. The lowest BCUT2D eigenvalue weighted by atomic mass is 9.96. The number of hydrogen-bond donors (Lipinski definition) is 3. The van der Waals surface area contributed by atoms with Crippen LogP contribution in [0.1, 0.15) is 33.1 Å². The van der Waals surface area contributed by atoms with Crippen LogP contribution in [0.4, 0.5) is 0 Å². The molecule has 7 heteroatoms. The second-order valence-electron chi connectivity index (χ2n) is 5.71. The number of amides is 2. The molecule has 0 aromatic rings. The minimum atomic E-state index is -1.46. The Morgan fingerprint density at radius 2 is 2.00 bits per heavy atom. The Hall–Kier alpha value is -1.63. The summed E-state index contributed by atoms with van der Waals surface area (Å²) in [4.78, 5) is 36.1. The maximum absolute atomic E-state index is 12.0. The zero-order chi connectivity index (χ0) is 16.0. The lowest BCUT2D eigenvalue weighted by Crippen LogP contribution is -2.47. The van der Waals surface area contributed by atoms with Crippen LogP contribution < -0.4 is 5.32 Å². The number of nitrogens with zero attached hydrogens (tertiary/aromatic N) is 1. The van der Waals surface area contributed by atoms with Crippen LogP contribution in [0.25, 0.3) is 0 Å². The Morgan fingerprint density at radius 3 is 2.57 bits per heavy atom. The predicted molar refractivity (Wildman–Crippen MR) is 75.4 cm³/mol. The van der Waals surface area contributed by atoms with Crippen LogP contribution in [0.3, 0.4) is 0 Å². The molecule has 0 aliphatic carbocycles. The van der Waals surface area contributed by atoms with Gasteiger partial charge in [-0.05, 0) is 12.8 Å². The summed E-state index contributed by atoms with van der Waals surface area (Å²) in [5.74, 6) is -1.78. The van der Waals surface area contributed by atoms with E-state index in [4.69, 9.17) is 10.2 Å². The number of carbonyl (C=O) groups excluding carboxylic acids is 2. The van der Waals surface area contributed by atoms with Gasteiger partial charge in [-0.3, -0.25) is 9.59 Å². The van der Waals surface area contributed by atoms with Crippen molar-refractivity contribution >= 4 is 17.8 Å². The largest absolute Gasteiger partial charge is 0.479 e. The van der Waals surface area contributed by atoms with E-state index in [0.29, 0.717) is 13.1 Å². The predicted octanol–water partition coefficient (Wildman–Crippen LogP) is -0.167. The first-order valence-corrected chi connectivity index (χ1v) is 7.30. The normalized spacial score (nSPS) is 20.2. The van der Waals surface area contributed by atoms with E-state index in [1.54, 1.807) is 4.90 Å². The molecule has 1 fully saturated rings. The molecule has 120 valence electrons. The molecule has 0 radical (unpaired) electrons. The summed E-state index contributed by atoms with van der Waals surface area (Å²) in [5.41, 5.74) is 0. The number of aliphatic hydroxyl groups excluding tert-OH is 1. The summed E-state index contributed by atoms with van der Waals surface area (Å²) in [6.45, 7) is 4.86. The van der Waals surface area contributed by atoms with E-state index in [9.17, 15) is 14.4 Å². The lowest BCUT2D eigenvalue weighted by molar-refractivity contribution is -0.147. The maximum Gasteiger partial charge on any atom is 0.332 e. The van der Waals surface area contributed by atoms with E-state index < -0.39 is 12.1 Å². The molecular weight excluding hydrogens is 276 g/mol. The van der Waals surface area contributed by atoms with Crippen molar-refractivity contribution in [3.8, 4) is 0 Å². The number of carbonyl (C=O) groups is 3. The highest BCUT2D eigenvalue weighted by molar-refractivity contribution is 5.82. The van der Waals surface area contributed by atoms with Gasteiger partial charge in [-0.1, -0.05) is 13.8 Å². The Bertz CT molecular complexity index is 397. The van der Waals surface area contributed by atoms with Crippen LogP contribution in [0.2, 0.25) is 0 Å². The first-order valence-electron chi connectivity index (χ1n) is 7.30. The first kappa shape index (κ1) is 17.4. The summed E-state index contributed by atoms with van der Waals surface area (Å²) >= 11 is 0. The fourth-order valence-corrected chi connectivity index (χ4v) is 2.36. The number of likely N-dealkylation sites (tertiary alicyclic amines) is 1. The van der Waals surface area contributed by atoms with E-state index in [1.165, 1.54) is 0 Å². The average Bonchev–Trinajstić information content (AvgIpc) is 2.46. The number of rotatable bonds is 6. The molecule has 1 aliphatic rings. The summed E-state index contributed by atoms with van der Waals surface area (Å²) < 4.78 is 0. The van der Waals surface area contributed by atoms with Gasteiger partial charge < -0.3 is 20.4 Å². The highest BCUT2D eigenvalue weighted by atomic mass is 16.4. The van der Waals surface area contributed by atoms with Gasteiger partial charge in [-0.15, -0.1) is 0 Å². The van der Waals surface area contributed by atoms with Crippen molar-refractivity contribution in [3.63, 3.8) is 0 Å². The Balaban J connectivity index is 2.40. The molecule has 2 atom stereocenters. The number of nitrogens with one attached hydrogen (secondary N) is 1. The van der Waals surface area contributed by atoms with Gasteiger partial charge in [0.2, 0.25) is 11.8 Å². The van der Waals surface area contributed by atoms with Gasteiger partial charge in [-0.25, -0.2) is 4.79 Å². The van der Waals surface area contributed by atoms with Crippen LogP contribution >= 0.6 is 0 Å². The topological polar surface area (TPSA) is 107 Å². The molecule has 2 unspecified atom stereocenters. The highest BCUT2D eigenvalue weighted by Gasteiger charge is 2.29. The van der Waals surface area contributed by atoms with Crippen LogP contribution in [-0.2, 0) is 14.4 Å². The monoisotopic (exact) mass is 300 g/mol. The molecule has 1 aliphatic heterocycles. The second-order valence-corrected chi connectivity index (χ2v) is 5.71. The highest BCUT2D eigenvalue weighted by Crippen LogP contribution is 2.18. The van der Waals surface area contributed by atoms with Crippen LogP contribution in [0.5, 0.6) is 0 Å². The molecule has 0 aromatic heterocycles. The third-order valence-electron chi connectivity index (χ3n) is 3.60. The van der Waals surface area contributed by atoms with Crippen molar-refractivity contribution in [1.29, 1.82) is 0 Å². The molecule has 1 heterocycles. The zero-order valence-electron chi connectivity index (χ0n) is 12.5. The molecule has 1 rings (SSSR count). The first-order chi connectivity index (χ1) is 9.82.